The Labute approximate surface area is 333 Å². The molecule has 6 heteroatoms. The third kappa shape index (κ3) is 36.5. The molecule has 3 N–H and O–H groups in total. The molecule has 0 bridgehead atoms. The van der Waals surface area contributed by atoms with Crippen molar-refractivity contribution in [1.82, 2.24) is 5.32 Å². The minimum atomic E-state index is -0.794. The second-order valence-electron chi connectivity index (χ2n) is 15.2. The van der Waals surface area contributed by atoms with Crippen molar-refractivity contribution in [2.24, 2.45) is 0 Å². The summed E-state index contributed by atoms with van der Waals surface area (Å²) in [4.78, 5) is 25.9. The molecule has 6 nitrogen and oxygen atoms in total. The van der Waals surface area contributed by atoms with Crippen molar-refractivity contribution in [2.45, 2.75) is 225 Å². The predicted octanol–water partition coefficient (Wildman–Crippen LogP) is 12.9. The van der Waals surface area contributed by atoms with Gasteiger partial charge in [0.05, 0.1) is 25.2 Å². The molecule has 0 saturated heterocycles. The van der Waals surface area contributed by atoms with Crippen LogP contribution in [0.3, 0.4) is 0 Å². The first-order valence-corrected chi connectivity index (χ1v) is 22.6. The van der Waals surface area contributed by atoms with Gasteiger partial charge in [0.2, 0.25) is 5.91 Å². The largest absolute Gasteiger partial charge is 0.462 e. The number of rotatable bonds is 39. The molecule has 312 valence electrons. The average molecular weight is 756 g/mol. The van der Waals surface area contributed by atoms with E-state index in [1.807, 2.05) is 18.2 Å². The number of hydrogen-bond donors (Lipinski definition) is 3. The summed E-state index contributed by atoms with van der Waals surface area (Å²) in [6.07, 6.45) is 49.9. The summed E-state index contributed by atoms with van der Waals surface area (Å²) < 4.78 is 5.87. The van der Waals surface area contributed by atoms with Gasteiger partial charge in [-0.05, 0) is 70.6 Å². The molecule has 0 aromatic heterocycles. The van der Waals surface area contributed by atoms with E-state index in [0.717, 1.165) is 96.3 Å². The normalized spacial score (nSPS) is 13.9. The molecule has 0 radical (unpaired) electrons. The van der Waals surface area contributed by atoms with Gasteiger partial charge >= 0.3 is 5.97 Å². The highest BCUT2D eigenvalue weighted by molar-refractivity contribution is 5.77. The minimum absolute atomic E-state index is 0.0550. The van der Waals surface area contributed by atoms with Gasteiger partial charge in [-0.25, -0.2) is 0 Å². The maximum absolute atomic E-state index is 13.1. The van der Waals surface area contributed by atoms with Crippen LogP contribution in [0.25, 0.3) is 0 Å². The van der Waals surface area contributed by atoms with E-state index in [4.69, 9.17) is 4.74 Å². The highest BCUT2D eigenvalue weighted by Gasteiger charge is 2.24. The van der Waals surface area contributed by atoms with Crippen LogP contribution < -0.4 is 5.32 Å². The maximum Gasteiger partial charge on any atom is 0.306 e. The van der Waals surface area contributed by atoms with E-state index in [9.17, 15) is 19.8 Å². The molecule has 54 heavy (non-hydrogen) atoms. The third-order valence-electron chi connectivity index (χ3n) is 9.93. The number of carbonyl (C=O) groups excluding carboxylic acids is 2. The molecule has 0 aromatic carbocycles. The van der Waals surface area contributed by atoms with Crippen LogP contribution in [-0.2, 0) is 14.3 Å². The van der Waals surface area contributed by atoms with Crippen LogP contribution in [0.4, 0.5) is 0 Å². The predicted molar refractivity (Wildman–Crippen MR) is 232 cm³/mol. The summed E-state index contributed by atoms with van der Waals surface area (Å²) >= 11 is 0. The first kappa shape index (κ1) is 51.6. The number of aliphatic hydroxyl groups is 2. The fourth-order valence-electron chi connectivity index (χ4n) is 6.49. The van der Waals surface area contributed by atoms with Crippen LogP contribution >= 0.6 is 0 Å². The Bertz CT molecular complexity index is 984. The minimum Gasteiger partial charge on any atom is -0.462 e. The number of amides is 1. The molecule has 0 rings (SSSR count). The zero-order chi connectivity index (χ0) is 39.6. The van der Waals surface area contributed by atoms with E-state index in [2.05, 4.69) is 68.6 Å². The molecule has 3 unspecified atom stereocenters. The molecule has 0 saturated carbocycles. The summed E-state index contributed by atoms with van der Waals surface area (Å²) in [5, 5.41) is 23.6. The lowest BCUT2D eigenvalue weighted by atomic mass is 10.0. The Morgan fingerprint density at radius 3 is 1.63 bits per heavy atom. The van der Waals surface area contributed by atoms with Gasteiger partial charge in [-0.15, -0.1) is 0 Å². The molecule has 0 aliphatic rings. The third-order valence-corrected chi connectivity index (χ3v) is 9.93. The van der Waals surface area contributed by atoms with Crippen molar-refractivity contribution >= 4 is 11.9 Å². The zero-order valence-electron chi connectivity index (χ0n) is 35.3. The Kier molecular flexibility index (Phi) is 39.8. The Morgan fingerprint density at radius 2 is 1.02 bits per heavy atom. The highest BCUT2D eigenvalue weighted by atomic mass is 16.5. The number of ether oxygens (including phenoxy) is 1. The summed E-state index contributed by atoms with van der Waals surface area (Å²) in [5.74, 6) is -0.523. The number of hydrogen-bond acceptors (Lipinski definition) is 5. The molecule has 0 aromatic rings. The van der Waals surface area contributed by atoms with E-state index in [-0.39, 0.29) is 24.9 Å². The zero-order valence-corrected chi connectivity index (χ0v) is 35.3. The lowest BCUT2D eigenvalue weighted by Crippen LogP contribution is -2.46. The Morgan fingerprint density at radius 1 is 0.556 bits per heavy atom. The van der Waals surface area contributed by atoms with Gasteiger partial charge in [-0.2, -0.15) is 0 Å². The summed E-state index contributed by atoms with van der Waals surface area (Å²) in [7, 11) is 0. The van der Waals surface area contributed by atoms with Gasteiger partial charge in [-0.1, -0.05) is 184 Å². The van der Waals surface area contributed by atoms with Crippen LogP contribution in [0, 0.1) is 0 Å². The van der Waals surface area contributed by atoms with E-state index in [0.29, 0.717) is 19.3 Å². The van der Waals surface area contributed by atoms with E-state index < -0.39 is 18.2 Å². The van der Waals surface area contributed by atoms with E-state index >= 15 is 0 Å². The van der Waals surface area contributed by atoms with Crippen molar-refractivity contribution in [3.05, 3.63) is 60.8 Å². The standard InChI is InChI=1S/C48H85NO5/c1-4-7-10-13-16-19-22-23-24-25-26-29-32-35-38-41-48(53)54-44(39-36-33-30-27-20-17-14-11-8-5-2)42-47(52)49-45(43-50)46(51)40-37-34-31-28-21-18-15-12-9-6-3/h7,10,13,16-17,19-20,22-24,44-46,50-51H,4-6,8-9,11-12,14-15,18,21,25-43H2,1-3H3,(H,49,52)/b10-7+,16-13+,20-17-,22-19+,24-23-. The number of allylic oxidation sites excluding steroid dienone is 10. The number of esters is 1. The van der Waals surface area contributed by atoms with Crippen molar-refractivity contribution < 1.29 is 24.5 Å². The lowest BCUT2D eigenvalue weighted by molar-refractivity contribution is -0.151. The maximum atomic E-state index is 13.1. The van der Waals surface area contributed by atoms with Crippen LogP contribution in [-0.4, -0.2) is 46.9 Å². The number of nitrogens with one attached hydrogen (secondary N) is 1. The molecular formula is C48H85NO5. The molecule has 3 atom stereocenters. The van der Waals surface area contributed by atoms with Crippen LogP contribution in [0.2, 0.25) is 0 Å². The monoisotopic (exact) mass is 756 g/mol. The fourth-order valence-corrected chi connectivity index (χ4v) is 6.49. The summed E-state index contributed by atoms with van der Waals surface area (Å²) in [6.45, 7) is 6.27. The highest BCUT2D eigenvalue weighted by Crippen LogP contribution is 2.17. The van der Waals surface area contributed by atoms with Crippen LogP contribution in [0.15, 0.2) is 60.8 Å². The quantitative estimate of drug-likeness (QED) is 0.0251. The average Bonchev–Trinajstić information content (AvgIpc) is 3.16. The molecule has 0 aliphatic carbocycles. The van der Waals surface area contributed by atoms with E-state index in [1.165, 1.54) is 64.2 Å². The second kappa shape index (κ2) is 41.7. The second-order valence-corrected chi connectivity index (χ2v) is 15.2. The smallest absolute Gasteiger partial charge is 0.306 e. The van der Waals surface area contributed by atoms with Gasteiger partial charge in [0.1, 0.15) is 6.10 Å². The van der Waals surface area contributed by atoms with E-state index in [1.54, 1.807) is 0 Å². The molecule has 0 heterocycles. The van der Waals surface area contributed by atoms with Crippen LogP contribution in [0.5, 0.6) is 0 Å². The number of aliphatic hydroxyl groups excluding tert-OH is 2. The molecule has 1 amide bonds. The van der Waals surface area contributed by atoms with Gasteiger partial charge in [0.15, 0.2) is 0 Å². The van der Waals surface area contributed by atoms with Crippen molar-refractivity contribution in [1.29, 1.82) is 0 Å². The lowest BCUT2D eigenvalue weighted by Gasteiger charge is -2.24. The first-order chi connectivity index (χ1) is 26.5. The van der Waals surface area contributed by atoms with Gasteiger partial charge in [0.25, 0.3) is 0 Å². The Hall–Kier alpha value is -2.44. The van der Waals surface area contributed by atoms with Crippen molar-refractivity contribution in [3.63, 3.8) is 0 Å². The molecule has 0 fully saturated rings. The first-order valence-electron chi connectivity index (χ1n) is 22.6. The number of carbonyl (C=O) groups is 2. The van der Waals surface area contributed by atoms with Gasteiger partial charge in [0, 0.05) is 6.42 Å². The SMILES string of the molecule is CC/C=C/C=C/C=C/C=C\CCCCCCCC(=O)OC(CCCCC/C=C\CCCCC)CC(=O)NC(CO)C(O)CCCCCCCCCCCC. The summed E-state index contributed by atoms with van der Waals surface area (Å²) in [5.41, 5.74) is 0. The van der Waals surface area contributed by atoms with Crippen molar-refractivity contribution in [2.75, 3.05) is 6.61 Å². The van der Waals surface area contributed by atoms with Crippen molar-refractivity contribution in [3.8, 4) is 0 Å². The molecular weight excluding hydrogens is 671 g/mol. The number of unbranched alkanes of at least 4 members (excludes halogenated alkanes) is 20. The van der Waals surface area contributed by atoms with Gasteiger partial charge < -0.3 is 20.3 Å². The van der Waals surface area contributed by atoms with Gasteiger partial charge in [-0.3, -0.25) is 9.59 Å². The molecule has 0 spiro atoms. The topological polar surface area (TPSA) is 95.9 Å². The Balaban J connectivity index is 4.63. The fraction of sp³-hybridized carbons (Fsp3) is 0.750. The van der Waals surface area contributed by atoms with Crippen LogP contribution in [0.1, 0.15) is 207 Å². The summed E-state index contributed by atoms with van der Waals surface area (Å²) in [6, 6.07) is -0.710. The molecule has 0 aliphatic heterocycles.